The van der Waals surface area contributed by atoms with Crippen molar-refractivity contribution in [3.63, 3.8) is 0 Å². The second-order valence-electron chi connectivity index (χ2n) is 7.85. The summed E-state index contributed by atoms with van der Waals surface area (Å²) in [7, 11) is 7.70. The quantitative estimate of drug-likeness (QED) is 0.673. The first-order valence-corrected chi connectivity index (χ1v) is 10.1. The molecule has 1 unspecified atom stereocenters. The normalized spacial score (nSPS) is 17.5. The number of nitrogens with zero attached hydrogens (tertiary/aromatic N) is 2. The van der Waals surface area contributed by atoms with E-state index in [1.165, 1.54) is 0 Å². The van der Waals surface area contributed by atoms with Gasteiger partial charge < -0.3 is 24.4 Å². The zero-order valence-corrected chi connectivity index (χ0v) is 17.9. The second kappa shape index (κ2) is 8.01. The van der Waals surface area contributed by atoms with Crippen LogP contribution in [0.15, 0.2) is 66.7 Å². The minimum atomic E-state index is -1.30. The summed E-state index contributed by atoms with van der Waals surface area (Å²) >= 11 is 0. The Hall–Kier alpha value is -3.02. The SMILES string of the molecule is COc1ccc(C2(O)c3ccccc3N(C)c3ccc(OCCN(C)C)cc32)cc1. The molecule has 0 amide bonds. The smallest absolute Gasteiger partial charge is 0.144 e. The minimum Gasteiger partial charge on any atom is -0.497 e. The van der Waals surface area contributed by atoms with Gasteiger partial charge in [0.2, 0.25) is 0 Å². The van der Waals surface area contributed by atoms with Gasteiger partial charge in [0, 0.05) is 36.1 Å². The van der Waals surface area contributed by atoms with Crippen LogP contribution in [-0.2, 0) is 5.60 Å². The van der Waals surface area contributed by atoms with Crippen LogP contribution in [0.25, 0.3) is 0 Å². The van der Waals surface area contributed by atoms with Crippen LogP contribution in [0.1, 0.15) is 16.7 Å². The second-order valence-corrected chi connectivity index (χ2v) is 7.85. The number of benzene rings is 3. The van der Waals surface area contributed by atoms with Gasteiger partial charge in [0.1, 0.15) is 23.7 Å². The fraction of sp³-hybridized carbons (Fsp3) is 0.280. The summed E-state index contributed by atoms with van der Waals surface area (Å²) < 4.78 is 11.3. The lowest BCUT2D eigenvalue weighted by Crippen LogP contribution is -2.36. The molecule has 30 heavy (non-hydrogen) atoms. The van der Waals surface area contributed by atoms with E-state index >= 15 is 0 Å². The number of rotatable bonds is 6. The van der Waals surface area contributed by atoms with Gasteiger partial charge in [0.25, 0.3) is 0 Å². The van der Waals surface area contributed by atoms with Gasteiger partial charge >= 0.3 is 0 Å². The first-order valence-electron chi connectivity index (χ1n) is 10.1. The number of para-hydroxylation sites is 1. The molecular weight excluding hydrogens is 376 g/mol. The van der Waals surface area contributed by atoms with Gasteiger partial charge in [-0.05, 0) is 56.1 Å². The summed E-state index contributed by atoms with van der Waals surface area (Å²) in [6.45, 7) is 1.40. The predicted octanol–water partition coefficient (Wildman–Crippen LogP) is 4.00. The molecule has 0 fully saturated rings. The highest BCUT2D eigenvalue weighted by Gasteiger charge is 2.42. The van der Waals surface area contributed by atoms with E-state index in [-0.39, 0.29) is 0 Å². The maximum atomic E-state index is 12.2. The van der Waals surface area contributed by atoms with E-state index in [2.05, 4.69) is 9.80 Å². The van der Waals surface area contributed by atoms with Crippen molar-refractivity contribution in [2.24, 2.45) is 0 Å². The van der Waals surface area contributed by atoms with Gasteiger partial charge in [0.05, 0.1) is 7.11 Å². The van der Waals surface area contributed by atoms with Gasteiger partial charge in [0.15, 0.2) is 0 Å². The first-order chi connectivity index (χ1) is 14.4. The van der Waals surface area contributed by atoms with Crippen molar-refractivity contribution >= 4 is 11.4 Å². The van der Waals surface area contributed by atoms with Crippen LogP contribution in [0.3, 0.4) is 0 Å². The Labute approximate surface area is 178 Å². The number of hydrogen-bond donors (Lipinski definition) is 1. The summed E-state index contributed by atoms with van der Waals surface area (Å²) in [5.41, 5.74) is 3.06. The molecular formula is C25H28N2O3. The third-order valence-electron chi connectivity index (χ3n) is 5.69. The standard InChI is InChI=1S/C25H28N2O3/c1-26(2)15-16-30-20-13-14-24-22(17-20)25(28,18-9-11-19(29-4)12-10-18)21-7-5-6-8-23(21)27(24)3/h5-14,17,28H,15-16H2,1-4H3. The lowest BCUT2D eigenvalue weighted by Gasteiger charge is -2.41. The topological polar surface area (TPSA) is 45.2 Å². The first kappa shape index (κ1) is 20.3. The summed E-state index contributed by atoms with van der Waals surface area (Å²) in [5, 5.41) is 12.2. The molecule has 5 nitrogen and oxygen atoms in total. The van der Waals surface area contributed by atoms with Gasteiger partial charge in [-0.1, -0.05) is 30.3 Å². The van der Waals surface area contributed by atoms with Crippen LogP contribution in [0.4, 0.5) is 11.4 Å². The molecule has 0 aromatic heterocycles. The lowest BCUT2D eigenvalue weighted by molar-refractivity contribution is 0.124. The summed E-state index contributed by atoms with van der Waals surface area (Å²) in [5.74, 6) is 1.50. The van der Waals surface area contributed by atoms with Crippen molar-refractivity contribution in [3.8, 4) is 11.5 Å². The maximum absolute atomic E-state index is 12.2. The molecule has 0 spiro atoms. The van der Waals surface area contributed by atoms with Crippen molar-refractivity contribution in [2.75, 3.05) is 46.3 Å². The molecule has 1 aliphatic rings. The molecule has 0 saturated heterocycles. The Morgan fingerprint density at radius 2 is 1.57 bits per heavy atom. The molecule has 4 rings (SSSR count). The minimum absolute atomic E-state index is 0.583. The monoisotopic (exact) mass is 404 g/mol. The van der Waals surface area contributed by atoms with E-state index in [9.17, 15) is 5.11 Å². The van der Waals surface area contributed by atoms with Crippen molar-refractivity contribution in [3.05, 3.63) is 83.4 Å². The predicted molar refractivity (Wildman–Crippen MR) is 120 cm³/mol. The van der Waals surface area contributed by atoms with E-state index in [4.69, 9.17) is 9.47 Å². The van der Waals surface area contributed by atoms with E-state index < -0.39 is 5.60 Å². The molecule has 1 N–H and O–H groups in total. The molecule has 0 radical (unpaired) electrons. The van der Waals surface area contributed by atoms with Gasteiger partial charge in [-0.2, -0.15) is 0 Å². The molecule has 3 aromatic rings. The molecule has 3 aromatic carbocycles. The molecule has 1 atom stereocenters. The van der Waals surface area contributed by atoms with E-state index in [1.807, 2.05) is 87.9 Å². The Balaban J connectivity index is 1.85. The van der Waals surface area contributed by atoms with Crippen LogP contribution < -0.4 is 14.4 Å². The average Bonchev–Trinajstić information content (AvgIpc) is 2.77. The number of anilines is 2. The lowest BCUT2D eigenvalue weighted by atomic mass is 9.76. The van der Waals surface area contributed by atoms with Crippen LogP contribution >= 0.6 is 0 Å². The maximum Gasteiger partial charge on any atom is 0.144 e. The molecule has 0 bridgehead atoms. The van der Waals surface area contributed by atoms with Crippen molar-refractivity contribution in [2.45, 2.75) is 5.60 Å². The van der Waals surface area contributed by atoms with Gasteiger partial charge in [-0.3, -0.25) is 0 Å². The third-order valence-corrected chi connectivity index (χ3v) is 5.69. The van der Waals surface area contributed by atoms with Gasteiger partial charge in [-0.25, -0.2) is 0 Å². The van der Waals surface area contributed by atoms with Crippen molar-refractivity contribution in [1.82, 2.24) is 4.90 Å². The summed E-state index contributed by atoms with van der Waals surface area (Å²) in [6, 6.07) is 21.5. The number of ether oxygens (including phenoxy) is 2. The average molecular weight is 405 g/mol. The number of aliphatic hydroxyl groups is 1. The molecule has 5 heteroatoms. The van der Waals surface area contributed by atoms with Crippen molar-refractivity contribution < 1.29 is 14.6 Å². The fourth-order valence-corrected chi connectivity index (χ4v) is 4.02. The molecule has 0 saturated carbocycles. The molecule has 156 valence electrons. The van der Waals surface area contributed by atoms with E-state index in [0.29, 0.717) is 6.61 Å². The third kappa shape index (κ3) is 3.40. The number of fused-ring (bicyclic) bond motifs is 2. The number of likely N-dealkylation sites (N-methyl/N-ethyl adjacent to an activating group) is 1. The van der Waals surface area contributed by atoms with Gasteiger partial charge in [-0.15, -0.1) is 0 Å². The number of hydrogen-bond acceptors (Lipinski definition) is 5. The highest BCUT2D eigenvalue weighted by molar-refractivity contribution is 5.79. The molecule has 1 aliphatic heterocycles. The largest absolute Gasteiger partial charge is 0.497 e. The summed E-state index contributed by atoms with van der Waals surface area (Å²) in [6.07, 6.45) is 0. The molecule has 1 heterocycles. The summed E-state index contributed by atoms with van der Waals surface area (Å²) in [4.78, 5) is 4.20. The van der Waals surface area contributed by atoms with Crippen LogP contribution in [0, 0.1) is 0 Å². The zero-order valence-electron chi connectivity index (χ0n) is 17.9. The Kier molecular flexibility index (Phi) is 5.41. The highest BCUT2D eigenvalue weighted by Crippen LogP contribution is 2.51. The van der Waals surface area contributed by atoms with Crippen LogP contribution in [0.2, 0.25) is 0 Å². The number of methoxy groups -OCH3 is 1. The van der Waals surface area contributed by atoms with Crippen LogP contribution in [-0.4, -0.2) is 51.4 Å². The van der Waals surface area contributed by atoms with Crippen LogP contribution in [0.5, 0.6) is 11.5 Å². The van der Waals surface area contributed by atoms with Crippen molar-refractivity contribution in [1.29, 1.82) is 0 Å². The van der Waals surface area contributed by atoms with E-state index in [1.54, 1.807) is 7.11 Å². The highest BCUT2D eigenvalue weighted by atomic mass is 16.5. The molecule has 0 aliphatic carbocycles. The Morgan fingerprint density at radius 3 is 2.27 bits per heavy atom. The Bertz CT molecular complexity index is 1030. The zero-order chi connectivity index (χ0) is 21.3. The van der Waals surface area contributed by atoms with E-state index in [0.717, 1.165) is 46.1 Å². The Morgan fingerprint density at radius 1 is 0.900 bits per heavy atom. The fourth-order valence-electron chi connectivity index (χ4n) is 4.02.